The Labute approximate surface area is 121 Å². The molecule has 1 aliphatic carbocycles. The molecule has 3 rings (SSSR count). The molecule has 2 N–H and O–H groups in total. The van der Waals surface area contributed by atoms with E-state index in [9.17, 15) is 0 Å². The SMILES string of the molecule is CN(CCc1ccc2c(c1)CCC2)c1cccc(N)c1. The lowest BCUT2D eigenvalue weighted by Gasteiger charge is -2.20. The molecule has 2 nitrogen and oxygen atoms in total. The lowest BCUT2D eigenvalue weighted by Crippen LogP contribution is -2.20. The number of anilines is 2. The monoisotopic (exact) mass is 266 g/mol. The first-order chi connectivity index (χ1) is 9.72. The van der Waals surface area contributed by atoms with Gasteiger partial charge in [0.05, 0.1) is 0 Å². The van der Waals surface area contributed by atoms with Crippen molar-refractivity contribution in [1.82, 2.24) is 0 Å². The molecule has 0 saturated carbocycles. The van der Waals surface area contributed by atoms with Gasteiger partial charge in [0.25, 0.3) is 0 Å². The molecule has 0 radical (unpaired) electrons. The van der Waals surface area contributed by atoms with Gasteiger partial charge in [0, 0.05) is 25.0 Å². The Balaban J connectivity index is 1.64. The van der Waals surface area contributed by atoms with E-state index >= 15 is 0 Å². The smallest absolute Gasteiger partial charge is 0.0384 e. The van der Waals surface area contributed by atoms with Gasteiger partial charge in [-0.05, 0) is 60.6 Å². The predicted molar refractivity (Wildman–Crippen MR) is 86.3 cm³/mol. The topological polar surface area (TPSA) is 29.3 Å². The van der Waals surface area contributed by atoms with Crippen molar-refractivity contribution in [3.63, 3.8) is 0 Å². The van der Waals surface area contributed by atoms with Crippen LogP contribution in [-0.4, -0.2) is 13.6 Å². The summed E-state index contributed by atoms with van der Waals surface area (Å²) in [4.78, 5) is 2.27. The van der Waals surface area contributed by atoms with E-state index in [0.29, 0.717) is 0 Å². The maximum atomic E-state index is 5.84. The third-order valence-corrected chi connectivity index (χ3v) is 4.21. The highest BCUT2D eigenvalue weighted by Crippen LogP contribution is 2.23. The molecule has 0 bridgehead atoms. The summed E-state index contributed by atoms with van der Waals surface area (Å²) in [6, 6.07) is 15.1. The normalized spacial score (nSPS) is 13.2. The van der Waals surface area contributed by atoms with E-state index in [1.807, 2.05) is 18.2 Å². The van der Waals surface area contributed by atoms with Crippen LogP contribution < -0.4 is 10.6 Å². The Morgan fingerprint density at radius 2 is 1.90 bits per heavy atom. The summed E-state index contributed by atoms with van der Waals surface area (Å²) in [5.41, 5.74) is 12.4. The first-order valence-corrected chi connectivity index (χ1v) is 7.40. The fourth-order valence-corrected chi connectivity index (χ4v) is 2.97. The third kappa shape index (κ3) is 2.79. The standard InChI is InChI=1S/C18H22N2/c1-20(18-7-3-6-17(19)13-18)11-10-14-8-9-15-4-2-5-16(15)12-14/h3,6-9,12-13H,2,4-5,10-11,19H2,1H3. The van der Waals surface area contributed by atoms with Gasteiger partial charge in [-0.2, -0.15) is 0 Å². The first kappa shape index (κ1) is 13.0. The number of hydrogen-bond acceptors (Lipinski definition) is 2. The van der Waals surface area contributed by atoms with Gasteiger partial charge in [-0.25, -0.2) is 0 Å². The van der Waals surface area contributed by atoms with E-state index in [1.54, 1.807) is 11.1 Å². The number of rotatable bonds is 4. The van der Waals surface area contributed by atoms with Crippen molar-refractivity contribution in [3.8, 4) is 0 Å². The predicted octanol–water partition coefficient (Wildman–Crippen LogP) is 3.44. The molecule has 2 aromatic rings. The Kier molecular flexibility index (Phi) is 3.64. The van der Waals surface area contributed by atoms with E-state index in [0.717, 1.165) is 18.7 Å². The number of nitrogens with zero attached hydrogens (tertiary/aromatic N) is 1. The molecule has 0 heterocycles. The average Bonchev–Trinajstić information content (AvgIpc) is 2.92. The number of aryl methyl sites for hydroxylation is 2. The lowest BCUT2D eigenvalue weighted by atomic mass is 10.0. The largest absolute Gasteiger partial charge is 0.399 e. The highest BCUT2D eigenvalue weighted by atomic mass is 15.1. The summed E-state index contributed by atoms with van der Waals surface area (Å²) in [5.74, 6) is 0. The molecular formula is C18H22N2. The zero-order valence-electron chi connectivity index (χ0n) is 12.1. The maximum absolute atomic E-state index is 5.84. The van der Waals surface area contributed by atoms with Crippen LogP contribution in [0.1, 0.15) is 23.1 Å². The minimum atomic E-state index is 0.826. The van der Waals surface area contributed by atoms with Crippen molar-refractivity contribution in [1.29, 1.82) is 0 Å². The summed E-state index contributed by atoms with van der Waals surface area (Å²) in [7, 11) is 2.13. The number of nitrogen functional groups attached to an aromatic ring is 1. The van der Waals surface area contributed by atoms with Gasteiger partial charge in [-0.3, -0.25) is 0 Å². The molecule has 104 valence electrons. The third-order valence-electron chi connectivity index (χ3n) is 4.21. The maximum Gasteiger partial charge on any atom is 0.0384 e. The fourth-order valence-electron chi connectivity index (χ4n) is 2.97. The molecule has 0 spiro atoms. The Morgan fingerprint density at radius 3 is 2.75 bits per heavy atom. The molecule has 0 aliphatic heterocycles. The van der Waals surface area contributed by atoms with Crippen molar-refractivity contribution in [2.24, 2.45) is 0 Å². The van der Waals surface area contributed by atoms with E-state index in [-0.39, 0.29) is 0 Å². The number of nitrogens with two attached hydrogens (primary N) is 1. The van der Waals surface area contributed by atoms with Gasteiger partial charge in [-0.1, -0.05) is 24.3 Å². The summed E-state index contributed by atoms with van der Waals surface area (Å²) in [6.45, 7) is 1.02. The summed E-state index contributed by atoms with van der Waals surface area (Å²) >= 11 is 0. The minimum Gasteiger partial charge on any atom is -0.399 e. The van der Waals surface area contributed by atoms with E-state index in [4.69, 9.17) is 5.73 Å². The molecule has 0 fully saturated rings. The zero-order valence-corrected chi connectivity index (χ0v) is 12.1. The number of hydrogen-bond donors (Lipinski definition) is 1. The van der Waals surface area contributed by atoms with Crippen LogP contribution in [0.5, 0.6) is 0 Å². The molecule has 0 atom stereocenters. The van der Waals surface area contributed by atoms with E-state index < -0.39 is 0 Å². The molecule has 0 unspecified atom stereocenters. The van der Waals surface area contributed by atoms with Gasteiger partial charge >= 0.3 is 0 Å². The molecular weight excluding hydrogens is 244 g/mol. The van der Waals surface area contributed by atoms with Crippen LogP contribution in [0.2, 0.25) is 0 Å². The van der Waals surface area contributed by atoms with Crippen molar-refractivity contribution in [2.75, 3.05) is 24.2 Å². The molecule has 1 aliphatic rings. The van der Waals surface area contributed by atoms with Gasteiger partial charge in [-0.15, -0.1) is 0 Å². The Bertz CT molecular complexity index is 604. The zero-order chi connectivity index (χ0) is 13.9. The second kappa shape index (κ2) is 5.58. The van der Waals surface area contributed by atoms with Crippen LogP contribution in [0, 0.1) is 0 Å². The van der Waals surface area contributed by atoms with Crippen LogP contribution in [0.4, 0.5) is 11.4 Å². The average molecular weight is 266 g/mol. The number of benzene rings is 2. The second-order valence-corrected chi connectivity index (χ2v) is 5.72. The first-order valence-electron chi connectivity index (χ1n) is 7.40. The van der Waals surface area contributed by atoms with Gasteiger partial charge in [0.1, 0.15) is 0 Å². The lowest BCUT2D eigenvalue weighted by molar-refractivity contribution is 0.874. The summed E-state index contributed by atoms with van der Waals surface area (Å²) in [6.07, 6.45) is 4.92. The number of fused-ring (bicyclic) bond motifs is 1. The second-order valence-electron chi connectivity index (χ2n) is 5.72. The Hall–Kier alpha value is -1.96. The van der Waals surface area contributed by atoms with Crippen molar-refractivity contribution in [2.45, 2.75) is 25.7 Å². The highest BCUT2D eigenvalue weighted by molar-refractivity contribution is 5.55. The Morgan fingerprint density at radius 1 is 1.05 bits per heavy atom. The van der Waals surface area contributed by atoms with Gasteiger partial charge < -0.3 is 10.6 Å². The van der Waals surface area contributed by atoms with Crippen LogP contribution in [0.15, 0.2) is 42.5 Å². The van der Waals surface area contributed by atoms with E-state index in [1.165, 1.54) is 30.5 Å². The van der Waals surface area contributed by atoms with Crippen LogP contribution in [-0.2, 0) is 19.3 Å². The number of likely N-dealkylation sites (N-methyl/N-ethyl adjacent to an activating group) is 1. The van der Waals surface area contributed by atoms with Crippen molar-refractivity contribution < 1.29 is 0 Å². The van der Waals surface area contributed by atoms with Gasteiger partial charge in [0.2, 0.25) is 0 Å². The molecule has 0 aromatic heterocycles. The van der Waals surface area contributed by atoms with Gasteiger partial charge in [0.15, 0.2) is 0 Å². The molecule has 20 heavy (non-hydrogen) atoms. The van der Waals surface area contributed by atoms with E-state index in [2.05, 4.69) is 36.2 Å². The molecule has 0 amide bonds. The molecule has 0 saturated heterocycles. The molecule has 2 aromatic carbocycles. The quantitative estimate of drug-likeness (QED) is 0.859. The van der Waals surface area contributed by atoms with Crippen LogP contribution in [0.25, 0.3) is 0 Å². The van der Waals surface area contributed by atoms with Crippen molar-refractivity contribution in [3.05, 3.63) is 59.2 Å². The summed E-state index contributed by atoms with van der Waals surface area (Å²) in [5, 5.41) is 0. The molecule has 2 heteroatoms. The fraction of sp³-hybridized carbons (Fsp3) is 0.333. The van der Waals surface area contributed by atoms with Crippen LogP contribution >= 0.6 is 0 Å². The van der Waals surface area contributed by atoms with Crippen LogP contribution in [0.3, 0.4) is 0 Å². The summed E-state index contributed by atoms with van der Waals surface area (Å²) < 4.78 is 0. The highest BCUT2D eigenvalue weighted by Gasteiger charge is 2.11. The van der Waals surface area contributed by atoms with Crippen molar-refractivity contribution >= 4 is 11.4 Å². The minimum absolute atomic E-state index is 0.826.